The van der Waals surface area contributed by atoms with Gasteiger partial charge in [-0.15, -0.1) is 11.8 Å². The molecule has 34 valence electrons. The van der Waals surface area contributed by atoms with Crippen LogP contribution in [0.25, 0.3) is 0 Å². The maximum absolute atomic E-state index is 3.82. The molecule has 0 nitrogen and oxygen atoms in total. The first-order chi connectivity index (χ1) is 2.89. The van der Waals surface area contributed by atoms with E-state index in [1.807, 2.05) is 11.8 Å². The van der Waals surface area contributed by atoms with Gasteiger partial charge in [-0.3, -0.25) is 0 Å². The van der Waals surface area contributed by atoms with Crippen LogP contribution >= 0.6 is 11.8 Å². The Morgan fingerprint density at radius 1 is 1.67 bits per heavy atom. The Morgan fingerprint density at radius 2 is 2.50 bits per heavy atom. The van der Waals surface area contributed by atoms with Crippen LogP contribution in [0.5, 0.6) is 0 Å². The highest BCUT2D eigenvalue weighted by molar-refractivity contribution is 8.03. The second-order valence-corrected chi connectivity index (χ2v) is 2.76. The van der Waals surface area contributed by atoms with Crippen molar-refractivity contribution >= 4 is 11.8 Å². The molecule has 0 unspecified atom stereocenters. The van der Waals surface area contributed by atoms with E-state index >= 15 is 0 Å². The molecule has 0 bridgehead atoms. The Bertz CT molecular complexity index is 58.3. The molecule has 1 aliphatic heterocycles. The zero-order valence-corrected chi connectivity index (χ0v) is 4.55. The average molecular weight is 100 g/mol. The quantitative estimate of drug-likeness (QED) is 0.449. The summed E-state index contributed by atoms with van der Waals surface area (Å²) in [5, 5.41) is 0. The molecule has 0 radical (unpaired) electrons. The summed E-state index contributed by atoms with van der Waals surface area (Å²) in [6.07, 6.45) is 2.61. The Kier molecular flexibility index (Phi) is 1.20. The molecule has 0 saturated carbocycles. The summed E-state index contributed by atoms with van der Waals surface area (Å²) >= 11 is 1.90. The molecule has 1 saturated heterocycles. The van der Waals surface area contributed by atoms with Crippen LogP contribution in [0.1, 0.15) is 12.8 Å². The van der Waals surface area contributed by atoms with Crippen LogP contribution in [-0.4, -0.2) is 5.75 Å². The topological polar surface area (TPSA) is 0 Å². The predicted molar refractivity (Wildman–Crippen MR) is 30.8 cm³/mol. The van der Waals surface area contributed by atoms with Gasteiger partial charge in [-0.1, -0.05) is 6.58 Å². The molecular weight excluding hydrogens is 92.1 g/mol. The van der Waals surface area contributed by atoms with E-state index in [1.165, 1.54) is 23.5 Å². The first-order valence-corrected chi connectivity index (χ1v) is 3.19. The molecule has 1 rings (SSSR count). The molecule has 1 aliphatic rings. The van der Waals surface area contributed by atoms with Gasteiger partial charge in [-0.05, 0) is 23.5 Å². The van der Waals surface area contributed by atoms with Gasteiger partial charge in [0, 0.05) is 0 Å². The molecule has 0 aromatic heterocycles. The van der Waals surface area contributed by atoms with Crippen molar-refractivity contribution in [1.82, 2.24) is 0 Å². The van der Waals surface area contributed by atoms with Gasteiger partial charge < -0.3 is 0 Å². The molecule has 0 amide bonds. The van der Waals surface area contributed by atoms with Gasteiger partial charge in [-0.25, -0.2) is 0 Å². The zero-order valence-electron chi connectivity index (χ0n) is 3.74. The maximum atomic E-state index is 3.82. The number of rotatable bonds is 0. The van der Waals surface area contributed by atoms with E-state index in [0.717, 1.165) is 0 Å². The van der Waals surface area contributed by atoms with Crippen molar-refractivity contribution in [2.24, 2.45) is 0 Å². The summed E-state index contributed by atoms with van der Waals surface area (Å²) in [6.45, 7) is 3.82. The fraction of sp³-hybridized carbons (Fsp3) is 0.600. The van der Waals surface area contributed by atoms with Crippen molar-refractivity contribution in [3.05, 3.63) is 11.5 Å². The molecule has 0 aliphatic carbocycles. The lowest BCUT2D eigenvalue weighted by atomic mass is 10.3. The molecule has 0 aromatic carbocycles. The highest BCUT2D eigenvalue weighted by Gasteiger charge is 2.01. The number of hydrogen-bond acceptors (Lipinski definition) is 1. The summed E-state index contributed by atoms with van der Waals surface area (Å²) in [6, 6.07) is 0. The SMILES string of the molecule is C=C1CCCS1. The molecule has 1 heteroatoms. The van der Waals surface area contributed by atoms with Crippen molar-refractivity contribution in [3.63, 3.8) is 0 Å². The van der Waals surface area contributed by atoms with E-state index in [-0.39, 0.29) is 0 Å². The minimum Gasteiger partial charge on any atom is -0.131 e. The highest BCUT2D eigenvalue weighted by Crippen LogP contribution is 2.27. The third-order valence-electron chi connectivity index (χ3n) is 0.906. The summed E-state index contributed by atoms with van der Waals surface area (Å²) in [5.41, 5.74) is 0. The molecule has 1 heterocycles. The summed E-state index contributed by atoms with van der Waals surface area (Å²) in [4.78, 5) is 1.37. The van der Waals surface area contributed by atoms with Crippen LogP contribution in [0, 0.1) is 0 Å². The Hall–Kier alpha value is 0.0900. The summed E-state index contributed by atoms with van der Waals surface area (Å²) in [7, 11) is 0. The maximum Gasteiger partial charge on any atom is -0.00201 e. The van der Waals surface area contributed by atoms with Crippen molar-refractivity contribution in [3.8, 4) is 0 Å². The Balaban J connectivity index is 2.37. The second kappa shape index (κ2) is 1.69. The zero-order chi connectivity index (χ0) is 4.41. The normalized spacial score (nSPS) is 22.3. The van der Waals surface area contributed by atoms with Crippen LogP contribution in [0.3, 0.4) is 0 Å². The Morgan fingerprint density at radius 3 is 2.67 bits per heavy atom. The largest absolute Gasteiger partial charge is 0.131 e. The van der Waals surface area contributed by atoms with Crippen molar-refractivity contribution in [2.75, 3.05) is 5.75 Å². The van der Waals surface area contributed by atoms with Crippen molar-refractivity contribution in [1.29, 1.82) is 0 Å². The fourth-order valence-electron chi connectivity index (χ4n) is 0.558. The molecule has 0 spiro atoms. The average Bonchev–Trinajstić information content (AvgIpc) is 1.86. The lowest BCUT2D eigenvalue weighted by Crippen LogP contribution is -1.57. The Labute approximate surface area is 42.6 Å². The smallest absolute Gasteiger partial charge is 0.00201 e. The fourth-order valence-corrected chi connectivity index (χ4v) is 1.42. The van der Waals surface area contributed by atoms with E-state index in [2.05, 4.69) is 6.58 Å². The predicted octanol–water partition coefficient (Wildman–Crippen LogP) is 2.03. The monoisotopic (exact) mass is 100 g/mol. The summed E-state index contributed by atoms with van der Waals surface area (Å²) < 4.78 is 0. The molecule has 0 atom stereocenters. The van der Waals surface area contributed by atoms with Crippen molar-refractivity contribution < 1.29 is 0 Å². The van der Waals surface area contributed by atoms with Crippen LogP contribution in [-0.2, 0) is 0 Å². The first-order valence-electron chi connectivity index (χ1n) is 2.20. The van der Waals surface area contributed by atoms with Crippen LogP contribution in [0.2, 0.25) is 0 Å². The van der Waals surface area contributed by atoms with Gasteiger partial charge in [0.25, 0.3) is 0 Å². The molecule has 0 N–H and O–H groups in total. The minimum absolute atomic E-state index is 1.25. The van der Waals surface area contributed by atoms with E-state index in [0.29, 0.717) is 0 Å². The van der Waals surface area contributed by atoms with Gasteiger partial charge in [0.2, 0.25) is 0 Å². The number of allylic oxidation sites excluding steroid dienone is 1. The second-order valence-electron chi connectivity index (χ2n) is 1.49. The minimum atomic E-state index is 1.25. The van der Waals surface area contributed by atoms with Gasteiger partial charge in [0.05, 0.1) is 0 Å². The molecule has 6 heavy (non-hydrogen) atoms. The lowest BCUT2D eigenvalue weighted by molar-refractivity contribution is 0.998. The van der Waals surface area contributed by atoms with Gasteiger partial charge in [-0.2, -0.15) is 0 Å². The van der Waals surface area contributed by atoms with Crippen LogP contribution < -0.4 is 0 Å². The van der Waals surface area contributed by atoms with Crippen LogP contribution in [0.15, 0.2) is 11.5 Å². The highest BCUT2D eigenvalue weighted by atomic mass is 32.2. The van der Waals surface area contributed by atoms with Gasteiger partial charge in [0.1, 0.15) is 0 Å². The molecule has 1 fully saturated rings. The third kappa shape index (κ3) is 0.777. The van der Waals surface area contributed by atoms with E-state index < -0.39 is 0 Å². The standard InChI is InChI=1S/C5H8S/c1-5-3-2-4-6-5/h1-4H2. The third-order valence-corrected chi connectivity index (χ3v) is 2.01. The van der Waals surface area contributed by atoms with E-state index in [9.17, 15) is 0 Å². The molecular formula is C5H8S. The van der Waals surface area contributed by atoms with Crippen LogP contribution in [0.4, 0.5) is 0 Å². The van der Waals surface area contributed by atoms with E-state index in [1.54, 1.807) is 0 Å². The molecule has 0 aromatic rings. The van der Waals surface area contributed by atoms with Crippen molar-refractivity contribution in [2.45, 2.75) is 12.8 Å². The number of hydrogen-bond donors (Lipinski definition) is 0. The number of thioether (sulfide) groups is 1. The van der Waals surface area contributed by atoms with Gasteiger partial charge >= 0.3 is 0 Å². The van der Waals surface area contributed by atoms with Gasteiger partial charge in [0.15, 0.2) is 0 Å². The first kappa shape index (κ1) is 4.25. The van der Waals surface area contributed by atoms with E-state index in [4.69, 9.17) is 0 Å². The summed E-state index contributed by atoms with van der Waals surface area (Å²) in [5.74, 6) is 1.30. The lowest BCUT2D eigenvalue weighted by Gasteiger charge is -1.79.